The molecule has 0 spiro atoms. The number of rotatable bonds is 10. The Hall–Kier alpha value is -3.16. The van der Waals surface area contributed by atoms with Crippen molar-refractivity contribution < 1.29 is 19.7 Å². The van der Waals surface area contributed by atoms with Crippen molar-refractivity contribution in [2.24, 2.45) is 11.5 Å². The molecule has 0 aliphatic carbocycles. The zero-order chi connectivity index (χ0) is 24.2. The Labute approximate surface area is 196 Å². The van der Waals surface area contributed by atoms with E-state index >= 15 is 0 Å². The second-order valence-electron chi connectivity index (χ2n) is 8.51. The number of aliphatic hydroxyl groups is 2. The maximum absolute atomic E-state index is 11.4. The number of fused-ring (bicyclic) bond motifs is 1. The molecule has 34 heavy (non-hydrogen) atoms. The van der Waals surface area contributed by atoms with Crippen LogP contribution in [0.25, 0.3) is 11.2 Å². The number of ether oxygens (including phenoxy) is 1. The van der Waals surface area contributed by atoms with E-state index in [1.54, 1.807) is 0 Å². The zero-order valence-electron chi connectivity index (χ0n) is 18.6. The Balaban J connectivity index is 1.48. The minimum absolute atomic E-state index is 0.159. The van der Waals surface area contributed by atoms with E-state index in [0.717, 1.165) is 5.56 Å². The Bertz CT molecular complexity index is 1110. The molecule has 12 heteroatoms. The molecule has 1 amide bonds. The smallest absolute Gasteiger partial charge is 0.234 e. The summed E-state index contributed by atoms with van der Waals surface area (Å²) in [5, 5.41) is 24.9. The first-order chi connectivity index (χ1) is 16.3. The van der Waals surface area contributed by atoms with Crippen LogP contribution in [-0.2, 0) is 16.1 Å². The van der Waals surface area contributed by atoms with Crippen LogP contribution < -0.4 is 22.5 Å². The molecular weight excluding hydrogens is 440 g/mol. The first kappa shape index (κ1) is 24.0. The van der Waals surface area contributed by atoms with E-state index in [1.165, 1.54) is 17.2 Å². The van der Waals surface area contributed by atoms with Gasteiger partial charge in [0.25, 0.3) is 0 Å². The molecule has 3 heterocycles. The lowest BCUT2D eigenvalue weighted by atomic mass is 9.97. The number of carbonyl (C=O) groups excluding carboxylic acids is 1. The molecule has 12 nitrogen and oxygen atoms in total. The number of imidazole rings is 1. The molecule has 182 valence electrons. The molecule has 1 unspecified atom stereocenters. The van der Waals surface area contributed by atoms with Gasteiger partial charge in [0.2, 0.25) is 5.91 Å². The molecule has 1 saturated heterocycles. The van der Waals surface area contributed by atoms with E-state index in [-0.39, 0.29) is 11.9 Å². The number of nitrogens with two attached hydrogens (primary N) is 3. The highest BCUT2D eigenvalue weighted by molar-refractivity contribution is 5.81. The topological polar surface area (TPSA) is 200 Å². The lowest BCUT2D eigenvalue weighted by Crippen LogP contribution is -2.41. The molecule has 1 aliphatic rings. The summed E-state index contributed by atoms with van der Waals surface area (Å²) in [6.45, 7) is 0.578. The zero-order valence-corrected chi connectivity index (χ0v) is 18.6. The molecule has 2 aromatic heterocycles. The van der Waals surface area contributed by atoms with Crippen molar-refractivity contribution in [1.29, 1.82) is 0 Å². The summed E-state index contributed by atoms with van der Waals surface area (Å²) in [7, 11) is 0. The average molecular weight is 471 g/mol. The predicted molar refractivity (Wildman–Crippen MR) is 124 cm³/mol. The van der Waals surface area contributed by atoms with Crippen LogP contribution in [0.2, 0.25) is 0 Å². The molecule has 1 aliphatic heterocycles. The standard InChI is InChI=1S/C22H30N8O4/c23-14(20(25)33)7-6-13(26-9-12-4-2-1-3-5-12)8-15-17(31)18(32)22(34-15)30-11-29-16-19(24)27-10-28-21(16)30/h1-5,10-11,13-15,17-18,22,26,31-32H,6-9,23H2,(H2,25,33)(H2,24,27,28)/t13-,14-,15+,17?,18-,22+/m0/s1. The third-order valence-electron chi connectivity index (χ3n) is 6.14. The summed E-state index contributed by atoms with van der Waals surface area (Å²) in [6, 6.07) is 8.91. The highest BCUT2D eigenvalue weighted by atomic mass is 16.6. The highest BCUT2D eigenvalue weighted by Gasteiger charge is 2.45. The number of amides is 1. The van der Waals surface area contributed by atoms with Crippen LogP contribution in [0, 0.1) is 0 Å². The minimum Gasteiger partial charge on any atom is -0.388 e. The van der Waals surface area contributed by atoms with Crippen LogP contribution >= 0.6 is 0 Å². The summed E-state index contributed by atoms with van der Waals surface area (Å²) in [6.07, 6.45) is 0.0924. The quantitative estimate of drug-likeness (QED) is 0.217. The summed E-state index contributed by atoms with van der Waals surface area (Å²) in [4.78, 5) is 23.7. The van der Waals surface area contributed by atoms with Crippen LogP contribution in [0.3, 0.4) is 0 Å². The predicted octanol–water partition coefficient (Wildman–Crippen LogP) is -0.831. The normalized spacial score (nSPS) is 24.3. The van der Waals surface area contributed by atoms with Gasteiger partial charge in [-0.1, -0.05) is 30.3 Å². The van der Waals surface area contributed by atoms with Gasteiger partial charge in [-0.15, -0.1) is 0 Å². The first-order valence-electron chi connectivity index (χ1n) is 11.1. The number of hydrogen-bond donors (Lipinski definition) is 6. The molecule has 0 radical (unpaired) electrons. The number of benzene rings is 1. The highest BCUT2D eigenvalue weighted by Crippen LogP contribution is 2.34. The number of primary amides is 1. The number of nitrogens with one attached hydrogen (secondary N) is 1. The van der Waals surface area contributed by atoms with Gasteiger partial charge >= 0.3 is 0 Å². The van der Waals surface area contributed by atoms with Crippen molar-refractivity contribution in [2.75, 3.05) is 5.73 Å². The molecule has 9 N–H and O–H groups in total. The van der Waals surface area contributed by atoms with Gasteiger partial charge < -0.3 is 37.5 Å². The number of anilines is 1. The fourth-order valence-electron chi connectivity index (χ4n) is 4.17. The molecule has 0 bridgehead atoms. The van der Waals surface area contributed by atoms with E-state index in [9.17, 15) is 15.0 Å². The number of hydrogen-bond acceptors (Lipinski definition) is 10. The van der Waals surface area contributed by atoms with Crippen molar-refractivity contribution in [1.82, 2.24) is 24.8 Å². The van der Waals surface area contributed by atoms with Crippen molar-refractivity contribution in [2.45, 2.75) is 62.4 Å². The second-order valence-corrected chi connectivity index (χ2v) is 8.51. The molecule has 6 atom stereocenters. The van der Waals surface area contributed by atoms with Crippen LogP contribution in [0.15, 0.2) is 43.0 Å². The maximum Gasteiger partial charge on any atom is 0.234 e. The Morgan fingerprint density at radius 2 is 1.91 bits per heavy atom. The van der Waals surface area contributed by atoms with E-state index in [2.05, 4.69) is 20.3 Å². The van der Waals surface area contributed by atoms with Gasteiger partial charge in [-0.25, -0.2) is 15.0 Å². The Kier molecular flexibility index (Phi) is 7.34. The number of aliphatic hydroxyl groups excluding tert-OH is 2. The summed E-state index contributed by atoms with van der Waals surface area (Å²) in [5.74, 6) is -0.355. The number of nitrogen functional groups attached to an aromatic ring is 1. The second kappa shape index (κ2) is 10.4. The molecule has 3 aromatic rings. The third-order valence-corrected chi connectivity index (χ3v) is 6.14. The van der Waals surface area contributed by atoms with Gasteiger partial charge in [0.1, 0.15) is 24.1 Å². The van der Waals surface area contributed by atoms with Gasteiger partial charge in [-0.3, -0.25) is 9.36 Å². The van der Waals surface area contributed by atoms with Gasteiger partial charge in [-0.2, -0.15) is 0 Å². The van der Waals surface area contributed by atoms with E-state index in [0.29, 0.717) is 37.0 Å². The monoisotopic (exact) mass is 470 g/mol. The van der Waals surface area contributed by atoms with Gasteiger partial charge in [0, 0.05) is 12.6 Å². The van der Waals surface area contributed by atoms with Crippen molar-refractivity contribution >= 4 is 22.9 Å². The van der Waals surface area contributed by atoms with E-state index in [1.807, 2.05) is 30.3 Å². The van der Waals surface area contributed by atoms with Crippen LogP contribution in [0.1, 0.15) is 31.1 Å². The summed E-state index contributed by atoms with van der Waals surface area (Å²) >= 11 is 0. The van der Waals surface area contributed by atoms with E-state index in [4.69, 9.17) is 21.9 Å². The molecule has 0 saturated carbocycles. The van der Waals surface area contributed by atoms with Crippen LogP contribution in [0.4, 0.5) is 5.82 Å². The Morgan fingerprint density at radius 3 is 2.65 bits per heavy atom. The van der Waals surface area contributed by atoms with E-state index < -0.39 is 36.5 Å². The van der Waals surface area contributed by atoms with Gasteiger partial charge in [-0.05, 0) is 24.8 Å². The van der Waals surface area contributed by atoms with Crippen molar-refractivity contribution in [3.8, 4) is 0 Å². The van der Waals surface area contributed by atoms with Crippen LogP contribution in [-0.4, -0.2) is 66.0 Å². The average Bonchev–Trinajstić information content (AvgIpc) is 3.38. The fraction of sp³-hybridized carbons (Fsp3) is 0.455. The SMILES string of the molecule is NC(=O)[C@@H](N)CC[C@@H](C[C@H]1O[C@@H](n2cnc3c(N)ncnc32)[C@@H](O)C1O)NCc1ccccc1. The largest absolute Gasteiger partial charge is 0.388 e. The lowest BCUT2D eigenvalue weighted by molar-refractivity contribution is -0.119. The van der Waals surface area contributed by atoms with Crippen LogP contribution in [0.5, 0.6) is 0 Å². The molecule has 1 aromatic carbocycles. The summed E-state index contributed by atoms with van der Waals surface area (Å²) in [5.41, 5.74) is 18.9. The number of nitrogens with zero attached hydrogens (tertiary/aromatic N) is 4. The van der Waals surface area contributed by atoms with Crippen molar-refractivity contribution in [3.05, 3.63) is 48.5 Å². The Morgan fingerprint density at radius 1 is 1.15 bits per heavy atom. The molecule has 4 rings (SSSR count). The number of aromatic nitrogens is 4. The number of carbonyl (C=O) groups is 1. The fourth-order valence-corrected chi connectivity index (χ4v) is 4.17. The maximum atomic E-state index is 11.4. The third kappa shape index (κ3) is 5.16. The van der Waals surface area contributed by atoms with Gasteiger partial charge in [0.05, 0.1) is 18.5 Å². The van der Waals surface area contributed by atoms with Crippen molar-refractivity contribution in [3.63, 3.8) is 0 Å². The van der Waals surface area contributed by atoms with Gasteiger partial charge in [0.15, 0.2) is 17.7 Å². The minimum atomic E-state index is -1.21. The lowest BCUT2D eigenvalue weighted by Gasteiger charge is -2.24. The molecule has 1 fully saturated rings. The first-order valence-corrected chi connectivity index (χ1v) is 11.1. The summed E-state index contributed by atoms with van der Waals surface area (Å²) < 4.78 is 7.61. The molecular formula is C22H30N8O4.